The van der Waals surface area contributed by atoms with E-state index in [-0.39, 0.29) is 0 Å². The first-order valence-electron chi connectivity index (χ1n) is 6.03. The number of hydrogen-bond acceptors (Lipinski definition) is 4. The first kappa shape index (κ1) is 12.8. The lowest BCUT2D eigenvalue weighted by atomic mass is 10.0. The van der Waals surface area contributed by atoms with Crippen LogP contribution in [0, 0.1) is 0 Å². The Morgan fingerprint density at radius 1 is 1.32 bits per heavy atom. The van der Waals surface area contributed by atoms with Crippen LogP contribution in [-0.2, 0) is 6.42 Å². The van der Waals surface area contributed by atoms with Gasteiger partial charge < -0.3 is 14.6 Å². The van der Waals surface area contributed by atoms with Gasteiger partial charge in [0.1, 0.15) is 13.2 Å². The van der Waals surface area contributed by atoms with E-state index in [1.807, 2.05) is 17.5 Å². The molecule has 1 N–H and O–H groups in total. The average Bonchev–Trinajstić information content (AvgIpc) is 2.91. The van der Waals surface area contributed by atoms with E-state index in [0.29, 0.717) is 36.2 Å². The Bertz CT molecular complexity index is 568. The Balaban J connectivity index is 1.86. The van der Waals surface area contributed by atoms with Crippen LogP contribution >= 0.6 is 22.9 Å². The summed E-state index contributed by atoms with van der Waals surface area (Å²) in [5.74, 6) is 1.18. The molecule has 1 unspecified atom stereocenters. The molecule has 3 nitrogen and oxygen atoms in total. The number of aliphatic hydroxyl groups excluding tert-OH is 1. The molecule has 1 aromatic carbocycles. The summed E-state index contributed by atoms with van der Waals surface area (Å²) in [6.07, 6.45) is -0.0137. The zero-order valence-corrected chi connectivity index (χ0v) is 11.7. The van der Waals surface area contributed by atoms with Crippen molar-refractivity contribution in [2.45, 2.75) is 12.5 Å². The van der Waals surface area contributed by atoms with E-state index in [4.69, 9.17) is 21.1 Å². The van der Waals surface area contributed by atoms with Gasteiger partial charge in [-0.25, -0.2) is 0 Å². The number of ether oxygens (including phenoxy) is 2. The van der Waals surface area contributed by atoms with Crippen molar-refractivity contribution in [1.29, 1.82) is 0 Å². The first-order valence-corrected chi connectivity index (χ1v) is 7.29. The molecule has 19 heavy (non-hydrogen) atoms. The summed E-state index contributed by atoms with van der Waals surface area (Å²) in [7, 11) is 0. The van der Waals surface area contributed by atoms with E-state index in [0.717, 1.165) is 10.4 Å². The van der Waals surface area contributed by atoms with E-state index < -0.39 is 6.10 Å². The monoisotopic (exact) mass is 296 g/mol. The van der Waals surface area contributed by atoms with Crippen molar-refractivity contribution in [3.63, 3.8) is 0 Å². The van der Waals surface area contributed by atoms with Gasteiger partial charge in [-0.1, -0.05) is 17.7 Å². The number of fused-ring (bicyclic) bond motifs is 1. The zero-order valence-electron chi connectivity index (χ0n) is 10.1. The smallest absolute Gasteiger partial charge is 0.179 e. The summed E-state index contributed by atoms with van der Waals surface area (Å²) in [6.45, 7) is 1.01. The fourth-order valence-corrected chi connectivity index (χ4v) is 3.08. The molecule has 1 aliphatic heterocycles. The highest BCUT2D eigenvalue weighted by atomic mass is 35.5. The van der Waals surface area contributed by atoms with Crippen LogP contribution in [0.25, 0.3) is 0 Å². The van der Waals surface area contributed by atoms with Crippen molar-refractivity contribution in [3.05, 3.63) is 45.1 Å². The molecule has 0 bridgehead atoms. The summed E-state index contributed by atoms with van der Waals surface area (Å²) in [4.78, 5) is 1.14. The van der Waals surface area contributed by atoms with E-state index in [9.17, 15) is 5.11 Å². The van der Waals surface area contributed by atoms with Crippen LogP contribution in [0.2, 0.25) is 5.02 Å². The highest BCUT2D eigenvalue weighted by Crippen LogP contribution is 2.40. The lowest BCUT2D eigenvalue weighted by Crippen LogP contribution is -2.16. The van der Waals surface area contributed by atoms with Crippen LogP contribution in [0.15, 0.2) is 29.6 Å². The molecule has 0 radical (unpaired) electrons. The number of aliphatic hydroxyl groups is 1. The minimum Gasteiger partial charge on any atom is -0.486 e. The third-order valence-electron chi connectivity index (χ3n) is 2.98. The molecule has 0 spiro atoms. The molecule has 0 fully saturated rings. The molecule has 5 heteroatoms. The maximum absolute atomic E-state index is 10.3. The molecule has 100 valence electrons. The second-order valence-corrected chi connectivity index (χ2v) is 5.77. The Labute approximate surface area is 120 Å². The van der Waals surface area contributed by atoms with Crippen molar-refractivity contribution in [2.75, 3.05) is 13.2 Å². The summed E-state index contributed by atoms with van der Waals surface area (Å²) < 4.78 is 11.0. The van der Waals surface area contributed by atoms with E-state index in [1.54, 1.807) is 23.5 Å². The van der Waals surface area contributed by atoms with Gasteiger partial charge in [-0.3, -0.25) is 0 Å². The van der Waals surface area contributed by atoms with Crippen molar-refractivity contribution in [1.82, 2.24) is 0 Å². The highest BCUT2D eigenvalue weighted by molar-refractivity contribution is 7.09. The number of benzene rings is 1. The molecular formula is C14H13ClO3S. The molecule has 3 rings (SSSR count). The third-order valence-corrected chi connectivity index (χ3v) is 4.16. The number of thiophene rings is 1. The maximum Gasteiger partial charge on any atom is 0.179 e. The largest absolute Gasteiger partial charge is 0.486 e. The fraction of sp³-hybridized carbons (Fsp3) is 0.286. The van der Waals surface area contributed by atoms with Crippen molar-refractivity contribution < 1.29 is 14.6 Å². The molecule has 1 aliphatic rings. The van der Waals surface area contributed by atoms with Crippen molar-refractivity contribution >= 4 is 22.9 Å². The molecule has 0 saturated heterocycles. The lowest BCUT2D eigenvalue weighted by Gasteiger charge is -2.21. The predicted molar refractivity (Wildman–Crippen MR) is 75.4 cm³/mol. The maximum atomic E-state index is 10.3. The minimum atomic E-state index is -0.591. The van der Waals surface area contributed by atoms with Crippen molar-refractivity contribution in [2.24, 2.45) is 0 Å². The second-order valence-electron chi connectivity index (χ2n) is 4.33. The van der Waals surface area contributed by atoms with Crippen LogP contribution in [-0.4, -0.2) is 18.3 Å². The SMILES string of the molecule is OC(Cc1cccs1)c1cc(Cl)c2c(c1)OCCO2. The molecular weight excluding hydrogens is 284 g/mol. The molecule has 2 aromatic rings. The Kier molecular flexibility index (Phi) is 3.64. The van der Waals surface area contributed by atoms with Gasteiger partial charge in [-0.15, -0.1) is 11.3 Å². The molecule has 1 aromatic heterocycles. The van der Waals surface area contributed by atoms with Gasteiger partial charge in [-0.05, 0) is 29.1 Å². The second kappa shape index (κ2) is 5.41. The first-order chi connectivity index (χ1) is 9.24. The highest BCUT2D eigenvalue weighted by Gasteiger charge is 2.19. The van der Waals surface area contributed by atoms with E-state index in [2.05, 4.69) is 0 Å². The Hall–Kier alpha value is -1.23. The van der Waals surface area contributed by atoms with E-state index in [1.165, 1.54) is 0 Å². The fourth-order valence-electron chi connectivity index (χ4n) is 2.06. The number of halogens is 1. The molecule has 2 heterocycles. The average molecular weight is 297 g/mol. The van der Waals surface area contributed by atoms with Crippen molar-refractivity contribution in [3.8, 4) is 11.5 Å². The lowest BCUT2D eigenvalue weighted by molar-refractivity contribution is 0.165. The third kappa shape index (κ3) is 2.71. The van der Waals surface area contributed by atoms with Gasteiger partial charge >= 0.3 is 0 Å². The van der Waals surface area contributed by atoms with Gasteiger partial charge in [0.05, 0.1) is 11.1 Å². The summed E-state index contributed by atoms with van der Waals surface area (Å²) in [6, 6.07) is 7.53. The summed E-state index contributed by atoms with van der Waals surface area (Å²) in [5, 5.41) is 12.8. The molecule has 0 saturated carbocycles. The van der Waals surface area contributed by atoms with Gasteiger partial charge in [-0.2, -0.15) is 0 Å². The normalized spacial score (nSPS) is 15.3. The van der Waals surface area contributed by atoms with Gasteiger partial charge in [0, 0.05) is 11.3 Å². The van der Waals surface area contributed by atoms with Gasteiger partial charge in [0.25, 0.3) is 0 Å². The predicted octanol–water partition coefficient (Wildman–Crippen LogP) is 3.45. The summed E-state index contributed by atoms with van der Waals surface area (Å²) in [5.41, 5.74) is 0.752. The van der Waals surface area contributed by atoms with Crippen LogP contribution < -0.4 is 9.47 Å². The quantitative estimate of drug-likeness (QED) is 0.943. The number of hydrogen-bond donors (Lipinski definition) is 1. The standard InChI is InChI=1S/C14H13ClO3S/c15-11-6-9(7-13-14(11)18-4-3-17-13)12(16)8-10-2-1-5-19-10/h1-2,5-7,12,16H,3-4,8H2. The molecule has 1 atom stereocenters. The van der Waals surface area contributed by atoms with Crippen LogP contribution in [0.3, 0.4) is 0 Å². The Morgan fingerprint density at radius 2 is 2.16 bits per heavy atom. The van der Waals surface area contributed by atoms with Gasteiger partial charge in [0.2, 0.25) is 0 Å². The zero-order chi connectivity index (χ0) is 13.2. The van der Waals surface area contributed by atoms with Crippen LogP contribution in [0.4, 0.5) is 0 Å². The summed E-state index contributed by atoms with van der Waals surface area (Å²) >= 11 is 7.79. The minimum absolute atomic E-state index is 0.484. The topological polar surface area (TPSA) is 38.7 Å². The van der Waals surface area contributed by atoms with Gasteiger partial charge in [0.15, 0.2) is 11.5 Å². The number of rotatable bonds is 3. The molecule has 0 aliphatic carbocycles. The Morgan fingerprint density at radius 3 is 2.95 bits per heavy atom. The molecule has 0 amide bonds. The van der Waals surface area contributed by atoms with E-state index >= 15 is 0 Å². The van der Waals surface area contributed by atoms with Crippen LogP contribution in [0.5, 0.6) is 11.5 Å². The van der Waals surface area contributed by atoms with Crippen LogP contribution in [0.1, 0.15) is 16.5 Å².